The molecule has 0 aromatic heterocycles. The SMILES string of the molecule is CC1CC1C(=O)Nc1ccc(C(=O)N(C)C2CCNC2)cc1. The zero-order valence-corrected chi connectivity index (χ0v) is 13.1. The highest BCUT2D eigenvalue weighted by Crippen LogP contribution is 2.38. The Morgan fingerprint density at radius 2 is 1.95 bits per heavy atom. The Bertz CT molecular complexity index is 564. The number of anilines is 1. The Morgan fingerprint density at radius 3 is 2.50 bits per heavy atom. The van der Waals surface area contributed by atoms with Crippen LogP contribution in [0.4, 0.5) is 5.69 Å². The average molecular weight is 301 g/mol. The minimum Gasteiger partial charge on any atom is -0.337 e. The Morgan fingerprint density at radius 1 is 1.27 bits per heavy atom. The molecule has 1 aliphatic carbocycles. The van der Waals surface area contributed by atoms with Crippen LogP contribution in [-0.4, -0.2) is 42.9 Å². The number of hydrogen-bond acceptors (Lipinski definition) is 3. The molecular weight excluding hydrogens is 278 g/mol. The number of likely N-dealkylation sites (N-methyl/N-ethyl adjacent to an activating group) is 1. The van der Waals surface area contributed by atoms with Crippen LogP contribution in [0.5, 0.6) is 0 Å². The van der Waals surface area contributed by atoms with Crippen molar-refractivity contribution < 1.29 is 9.59 Å². The van der Waals surface area contributed by atoms with Gasteiger partial charge < -0.3 is 15.5 Å². The van der Waals surface area contributed by atoms with E-state index in [2.05, 4.69) is 17.6 Å². The average Bonchev–Trinajstić information content (AvgIpc) is 3.03. The highest BCUT2D eigenvalue weighted by molar-refractivity contribution is 5.97. The number of amides is 2. The molecule has 1 heterocycles. The zero-order chi connectivity index (χ0) is 15.7. The van der Waals surface area contributed by atoms with Gasteiger partial charge in [0.15, 0.2) is 0 Å². The number of hydrogen-bond donors (Lipinski definition) is 2. The van der Waals surface area contributed by atoms with Gasteiger partial charge in [0.1, 0.15) is 0 Å². The molecule has 0 bridgehead atoms. The van der Waals surface area contributed by atoms with Gasteiger partial charge in [0.25, 0.3) is 5.91 Å². The standard InChI is InChI=1S/C17H23N3O2/c1-11-9-15(11)16(21)19-13-5-3-12(4-6-13)17(22)20(2)14-7-8-18-10-14/h3-6,11,14-15,18H,7-10H2,1-2H3,(H,19,21). The predicted octanol–water partition coefficient (Wildman–Crippen LogP) is 1.71. The lowest BCUT2D eigenvalue weighted by atomic mass is 10.1. The lowest BCUT2D eigenvalue weighted by Gasteiger charge is -2.23. The second-order valence-electron chi connectivity index (χ2n) is 6.45. The van der Waals surface area contributed by atoms with Crippen LogP contribution >= 0.6 is 0 Å². The normalized spacial score (nSPS) is 26.5. The number of carbonyl (C=O) groups is 2. The van der Waals surface area contributed by atoms with Gasteiger partial charge in [-0.25, -0.2) is 0 Å². The van der Waals surface area contributed by atoms with Gasteiger partial charge in [-0.15, -0.1) is 0 Å². The maximum absolute atomic E-state index is 12.4. The van der Waals surface area contributed by atoms with Crippen molar-refractivity contribution in [3.8, 4) is 0 Å². The van der Waals surface area contributed by atoms with Gasteiger partial charge >= 0.3 is 0 Å². The number of rotatable bonds is 4. The Balaban J connectivity index is 1.60. The lowest BCUT2D eigenvalue weighted by molar-refractivity contribution is -0.117. The third-order valence-electron chi connectivity index (χ3n) is 4.75. The molecule has 2 N–H and O–H groups in total. The largest absolute Gasteiger partial charge is 0.337 e. The van der Waals surface area contributed by atoms with Crippen LogP contribution in [0.1, 0.15) is 30.1 Å². The minimum atomic E-state index is 0.0300. The quantitative estimate of drug-likeness (QED) is 0.890. The van der Waals surface area contributed by atoms with Gasteiger partial charge in [-0.2, -0.15) is 0 Å². The Hall–Kier alpha value is -1.88. The van der Waals surface area contributed by atoms with Crippen LogP contribution in [0.2, 0.25) is 0 Å². The van der Waals surface area contributed by atoms with Gasteiger partial charge in [0.2, 0.25) is 5.91 Å². The topological polar surface area (TPSA) is 61.4 Å². The number of benzene rings is 1. The van der Waals surface area contributed by atoms with E-state index >= 15 is 0 Å². The third kappa shape index (κ3) is 3.14. The molecule has 1 aliphatic heterocycles. The summed E-state index contributed by atoms with van der Waals surface area (Å²) in [6.07, 6.45) is 1.97. The third-order valence-corrected chi connectivity index (χ3v) is 4.75. The molecule has 5 heteroatoms. The van der Waals surface area contributed by atoms with Crippen molar-refractivity contribution in [2.45, 2.75) is 25.8 Å². The molecule has 0 radical (unpaired) electrons. The van der Waals surface area contributed by atoms with Gasteiger partial charge in [-0.05, 0) is 49.6 Å². The van der Waals surface area contributed by atoms with Crippen LogP contribution in [0, 0.1) is 11.8 Å². The van der Waals surface area contributed by atoms with Crippen LogP contribution < -0.4 is 10.6 Å². The smallest absolute Gasteiger partial charge is 0.253 e. The summed E-state index contributed by atoms with van der Waals surface area (Å²) in [6, 6.07) is 7.45. The number of carbonyl (C=O) groups excluding carboxylic acids is 2. The predicted molar refractivity (Wildman–Crippen MR) is 85.7 cm³/mol. The highest BCUT2D eigenvalue weighted by Gasteiger charge is 2.39. The van der Waals surface area contributed by atoms with Gasteiger partial charge in [0, 0.05) is 36.8 Å². The summed E-state index contributed by atoms with van der Waals surface area (Å²) >= 11 is 0. The summed E-state index contributed by atoms with van der Waals surface area (Å²) < 4.78 is 0. The Kier molecular flexibility index (Phi) is 4.16. The molecule has 3 rings (SSSR count). The van der Waals surface area contributed by atoms with E-state index in [0.717, 1.165) is 31.6 Å². The molecule has 1 saturated heterocycles. The minimum absolute atomic E-state index is 0.0300. The second-order valence-corrected chi connectivity index (χ2v) is 6.45. The molecule has 22 heavy (non-hydrogen) atoms. The summed E-state index contributed by atoms with van der Waals surface area (Å²) in [7, 11) is 1.85. The van der Waals surface area contributed by atoms with Crippen molar-refractivity contribution in [1.82, 2.24) is 10.2 Å². The van der Waals surface area contributed by atoms with E-state index in [1.165, 1.54) is 0 Å². The Labute approximate surface area is 131 Å². The van der Waals surface area contributed by atoms with E-state index < -0.39 is 0 Å². The molecule has 1 saturated carbocycles. The van der Waals surface area contributed by atoms with E-state index in [-0.39, 0.29) is 23.8 Å². The summed E-state index contributed by atoms with van der Waals surface area (Å²) in [4.78, 5) is 26.1. The van der Waals surface area contributed by atoms with Crippen molar-refractivity contribution in [3.05, 3.63) is 29.8 Å². The van der Waals surface area contributed by atoms with E-state index in [0.29, 0.717) is 11.5 Å². The first-order chi connectivity index (χ1) is 10.6. The fourth-order valence-corrected chi connectivity index (χ4v) is 2.96. The molecule has 2 aliphatic rings. The zero-order valence-electron chi connectivity index (χ0n) is 13.1. The van der Waals surface area contributed by atoms with Crippen molar-refractivity contribution in [2.75, 3.05) is 25.5 Å². The summed E-state index contributed by atoms with van der Waals surface area (Å²) in [6.45, 7) is 3.91. The first kappa shape index (κ1) is 15.0. The fraction of sp³-hybridized carbons (Fsp3) is 0.529. The van der Waals surface area contributed by atoms with Crippen molar-refractivity contribution >= 4 is 17.5 Å². The number of nitrogens with zero attached hydrogens (tertiary/aromatic N) is 1. The maximum atomic E-state index is 12.4. The summed E-state index contributed by atoms with van der Waals surface area (Å²) in [5.74, 6) is 0.764. The maximum Gasteiger partial charge on any atom is 0.253 e. The van der Waals surface area contributed by atoms with Crippen molar-refractivity contribution in [3.63, 3.8) is 0 Å². The van der Waals surface area contributed by atoms with E-state index in [9.17, 15) is 9.59 Å². The van der Waals surface area contributed by atoms with Crippen molar-refractivity contribution in [1.29, 1.82) is 0 Å². The summed E-state index contributed by atoms with van der Waals surface area (Å²) in [5.41, 5.74) is 1.41. The molecule has 3 unspecified atom stereocenters. The first-order valence-corrected chi connectivity index (χ1v) is 7.95. The molecule has 5 nitrogen and oxygen atoms in total. The molecule has 3 atom stereocenters. The van der Waals surface area contributed by atoms with E-state index in [1.54, 1.807) is 29.2 Å². The molecule has 0 spiro atoms. The molecule has 2 amide bonds. The van der Waals surface area contributed by atoms with E-state index in [4.69, 9.17) is 0 Å². The van der Waals surface area contributed by atoms with Crippen molar-refractivity contribution in [2.24, 2.45) is 11.8 Å². The molecular formula is C17H23N3O2. The van der Waals surface area contributed by atoms with Gasteiger partial charge in [-0.3, -0.25) is 9.59 Å². The number of nitrogens with one attached hydrogen (secondary N) is 2. The molecule has 1 aromatic carbocycles. The van der Waals surface area contributed by atoms with E-state index in [1.807, 2.05) is 7.05 Å². The lowest BCUT2D eigenvalue weighted by Crippen LogP contribution is -2.38. The molecule has 2 fully saturated rings. The van der Waals surface area contributed by atoms with Crippen LogP contribution in [0.3, 0.4) is 0 Å². The van der Waals surface area contributed by atoms with Crippen LogP contribution in [-0.2, 0) is 4.79 Å². The monoisotopic (exact) mass is 301 g/mol. The van der Waals surface area contributed by atoms with Crippen LogP contribution in [0.15, 0.2) is 24.3 Å². The fourth-order valence-electron chi connectivity index (χ4n) is 2.96. The van der Waals surface area contributed by atoms with Crippen LogP contribution in [0.25, 0.3) is 0 Å². The summed E-state index contributed by atoms with van der Waals surface area (Å²) in [5, 5.41) is 6.18. The van der Waals surface area contributed by atoms with Gasteiger partial charge in [-0.1, -0.05) is 6.92 Å². The van der Waals surface area contributed by atoms with Gasteiger partial charge in [0.05, 0.1) is 0 Å². The molecule has 1 aromatic rings. The highest BCUT2D eigenvalue weighted by atomic mass is 16.2. The first-order valence-electron chi connectivity index (χ1n) is 7.95. The molecule has 118 valence electrons. The second kappa shape index (κ2) is 6.08.